The van der Waals surface area contributed by atoms with Crippen LogP contribution in [-0.4, -0.2) is 11.0 Å². The Morgan fingerprint density at radius 2 is 2.07 bits per heavy atom. The SMILES string of the molecule is CC(C)C(C)Nc1cc(Br)cnc1Cl. The van der Waals surface area contributed by atoms with Crippen molar-refractivity contribution in [2.45, 2.75) is 26.8 Å². The molecule has 4 heteroatoms. The maximum atomic E-state index is 5.95. The van der Waals surface area contributed by atoms with Crippen molar-refractivity contribution in [2.24, 2.45) is 5.92 Å². The van der Waals surface area contributed by atoms with Gasteiger partial charge in [0.1, 0.15) is 0 Å². The summed E-state index contributed by atoms with van der Waals surface area (Å²) in [6.45, 7) is 6.45. The predicted molar refractivity (Wildman–Crippen MR) is 64.9 cm³/mol. The second-order valence-corrected chi connectivity index (χ2v) is 4.94. The molecule has 1 N–H and O–H groups in total. The summed E-state index contributed by atoms with van der Waals surface area (Å²) in [5.41, 5.74) is 0.877. The van der Waals surface area contributed by atoms with Crippen LogP contribution in [0.3, 0.4) is 0 Å². The van der Waals surface area contributed by atoms with E-state index in [1.54, 1.807) is 6.20 Å². The van der Waals surface area contributed by atoms with Crippen molar-refractivity contribution < 1.29 is 0 Å². The molecule has 1 heterocycles. The molecule has 0 saturated heterocycles. The molecular weight excluding hydrogens is 263 g/mol. The normalized spacial score (nSPS) is 13.0. The molecule has 14 heavy (non-hydrogen) atoms. The quantitative estimate of drug-likeness (QED) is 0.846. The van der Waals surface area contributed by atoms with Gasteiger partial charge in [0.2, 0.25) is 0 Å². The highest BCUT2D eigenvalue weighted by atomic mass is 79.9. The molecule has 0 fully saturated rings. The number of nitrogens with zero attached hydrogens (tertiary/aromatic N) is 1. The molecule has 1 atom stereocenters. The molecule has 0 spiro atoms. The Labute approximate surface area is 98.2 Å². The van der Waals surface area contributed by atoms with Gasteiger partial charge < -0.3 is 5.32 Å². The first kappa shape index (κ1) is 11.8. The van der Waals surface area contributed by atoms with Crippen LogP contribution < -0.4 is 5.32 Å². The summed E-state index contributed by atoms with van der Waals surface area (Å²) in [4.78, 5) is 4.05. The molecule has 1 aromatic heterocycles. The standard InChI is InChI=1S/C10H14BrClN2/c1-6(2)7(3)14-9-4-8(11)5-13-10(9)12/h4-7,14H,1-3H3. The molecule has 0 radical (unpaired) electrons. The van der Waals surface area contributed by atoms with Gasteiger partial charge in [0, 0.05) is 16.7 Å². The van der Waals surface area contributed by atoms with Crippen LogP contribution in [0.25, 0.3) is 0 Å². The van der Waals surface area contributed by atoms with Crippen LogP contribution >= 0.6 is 27.5 Å². The largest absolute Gasteiger partial charge is 0.380 e. The van der Waals surface area contributed by atoms with Crippen molar-refractivity contribution in [1.29, 1.82) is 0 Å². The van der Waals surface area contributed by atoms with E-state index in [1.807, 2.05) is 6.07 Å². The van der Waals surface area contributed by atoms with Gasteiger partial charge in [-0.1, -0.05) is 25.4 Å². The van der Waals surface area contributed by atoms with Gasteiger partial charge in [-0.3, -0.25) is 0 Å². The van der Waals surface area contributed by atoms with E-state index in [1.165, 1.54) is 0 Å². The fourth-order valence-corrected chi connectivity index (χ4v) is 1.42. The fraction of sp³-hybridized carbons (Fsp3) is 0.500. The first-order valence-electron chi connectivity index (χ1n) is 4.58. The Morgan fingerprint density at radius 1 is 1.43 bits per heavy atom. The van der Waals surface area contributed by atoms with Gasteiger partial charge in [0.25, 0.3) is 0 Å². The zero-order valence-electron chi connectivity index (χ0n) is 8.51. The van der Waals surface area contributed by atoms with Crippen LogP contribution in [-0.2, 0) is 0 Å². The molecule has 0 saturated carbocycles. The first-order chi connectivity index (χ1) is 6.50. The minimum atomic E-state index is 0.378. The number of hydrogen-bond acceptors (Lipinski definition) is 2. The van der Waals surface area contributed by atoms with E-state index < -0.39 is 0 Å². The summed E-state index contributed by atoms with van der Waals surface area (Å²) in [6.07, 6.45) is 1.69. The molecule has 0 aliphatic heterocycles. The molecular formula is C10H14BrClN2. The molecule has 0 aliphatic rings. The summed E-state index contributed by atoms with van der Waals surface area (Å²) in [5, 5.41) is 3.84. The smallest absolute Gasteiger partial charge is 0.152 e. The third kappa shape index (κ3) is 3.14. The van der Waals surface area contributed by atoms with Crippen molar-refractivity contribution in [2.75, 3.05) is 5.32 Å². The van der Waals surface area contributed by atoms with Crippen LogP contribution in [0.1, 0.15) is 20.8 Å². The lowest BCUT2D eigenvalue weighted by Gasteiger charge is -2.19. The van der Waals surface area contributed by atoms with Crippen LogP contribution in [0.2, 0.25) is 5.15 Å². The van der Waals surface area contributed by atoms with Gasteiger partial charge in [-0.05, 0) is 34.8 Å². The molecule has 1 aromatic rings. The molecule has 0 bridgehead atoms. The van der Waals surface area contributed by atoms with E-state index in [0.717, 1.165) is 10.2 Å². The zero-order valence-corrected chi connectivity index (χ0v) is 10.9. The highest BCUT2D eigenvalue weighted by Crippen LogP contribution is 2.24. The van der Waals surface area contributed by atoms with Crippen LogP contribution in [0.5, 0.6) is 0 Å². The lowest BCUT2D eigenvalue weighted by atomic mass is 10.1. The van der Waals surface area contributed by atoms with E-state index in [-0.39, 0.29) is 0 Å². The van der Waals surface area contributed by atoms with Crippen molar-refractivity contribution in [3.05, 3.63) is 21.9 Å². The Hall–Kier alpha value is -0.280. The second-order valence-electron chi connectivity index (χ2n) is 3.67. The van der Waals surface area contributed by atoms with Crippen LogP contribution in [0.15, 0.2) is 16.7 Å². The number of anilines is 1. The van der Waals surface area contributed by atoms with Gasteiger partial charge in [0.15, 0.2) is 5.15 Å². The van der Waals surface area contributed by atoms with Gasteiger partial charge in [-0.15, -0.1) is 0 Å². The van der Waals surface area contributed by atoms with Crippen LogP contribution in [0.4, 0.5) is 5.69 Å². The minimum Gasteiger partial charge on any atom is -0.380 e. The lowest BCUT2D eigenvalue weighted by molar-refractivity contribution is 0.560. The number of rotatable bonds is 3. The molecule has 2 nitrogen and oxygen atoms in total. The second kappa shape index (κ2) is 4.99. The summed E-state index contributed by atoms with van der Waals surface area (Å²) in [7, 11) is 0. The summed E-state index contributed by atoms with van der Waals surface area (Å²) >= 11 is 9.31. The van der Waals surface area contributed by atoms with E-state index >= 15 is 0 Å². The van der Waals surface area contributed by atoms with Crippen molar-refractivity contribution in [1.82, 2.24) is 4.98 Å². The molecule has 1 unspecified atom stereocenters. The van der Waals surface area contributed by atoms with Gasteiger partial charge >= 0.3 is 0 Å². The highest BCUT2D eigenvalue weighted by molar-refractivity contribution is 9.10. The molecule has 0 aliphatic carbocycles. The predicted octanol–water partition coefficient (Wildman–Crippen LogP) is 3.95. The molecule has 0 amide bonds. The van der Waals surface area contributed by atoms with Crippen molar-refractivity contribution in [3.63, 3.8) is 0 Å². The Balaban J connectivity index is 2.80. The Bertz CT molecular complexity index is 315. The number of nitrogens with one attached hydrogen (secondary N) is 1. The maximum Gasteiger partial charge on any atom is 0.152 e. The average molecular weight is 278 g/mol. The van der Waals surface area contributed by atoms with Gasteiger partial charge in [-0.25, -0.2) is 4.98 Å². The maximum absolute atomic E-state index is 5.95. The van der Waals surface area contributed by atoms with Gasteiger partial charge in [-0.2, -0.15) is 0 Å². The lowest BCUT2D eigenvalue weighted by Crippen LogP contribution is -2.21. The number of halogens is 2. The third-order valence-corrected chi connectivity index (χ3v) is 2.92. The summed E-state index contributed by atoms with van der Waals surface area (Å²) in [6, 6.07) is 2.32. The minimum absolute atomic E-state index is 0.378. The molecule has 0 aromatic carbocycles. The van der Waals surface area contributed by atoms with E-state index in [9.17, 15) is 0 Å². The van der Waals surface area contributed by atoms with E-state index in [0.29, 0.717) is 17.1 Å². The van der Waals surface area contributed by atoms with Crippen molar-refractivity contribution >= 4 is 33.2 Å². The highest BCUT2D eigenvalue weighted by Gasteiger charge is 2.09. The average Bonchev–Trinajstić information content (AvgIpc) is 2.11. The zero-order chi connectivity index (χ0) is 10.7. The topological polar surface area (TPSA) is 24.9 Å². The third-order valence-electron chi connectivity index (χ3n) is 2.19. The summed E-state index contributed by atoms with van der Waals surface area (Å²) in [5.74, 6) is 0.560. The van der Waals surface area contributed by atoms with Gasteiger partial charge in [0.05, 0.1) is 5.69 Å². The number of hydrogen-bond donors (Lipinski definition) is 1. The monoisotopic (exact) mass is 276 g/mol. The molecule has 1 rings (SSSR count). The van der Waals surface area contributed by atoms with Crippen molar-refractivity contribution in [3.8, 4) is 0 Å². The summed E-state index contributed by atoms with van der Waals surface area (Å²) < 4.78 is 0.931. The first-order valence-corrected chi connectivity index (χ1v) is 5.75. The van der Waals surface area contributed by atoms with E-state index in [2.05, 4.69) is 47.0 Å². The number of pyridine rings is 1. The van der Waals surface area contributed by atoms with E-state index in [4.69, 9.17) is 11.6 Å². The fourth-order valence-electron chi connectivity index (χ4n) is 0.936. The Kier molecular flexibility index (Phi) is 4.20. The van der Waals surface area contributed by atoms with Crippen LogP contribution in [0, 0.1) is 5.92 Å². The molecule has 78 valence electrons. The Morgan fingerprint density at radius 3 is 2.64 bits per heavy atom. The number of aromatic nitrogens is 1.